The fraction of sp³-hybridized carbons (Fsp3) is 0.500. The van der Waals surface area contributed by atoms with Crippen LogP contribution in [0.5, 0.6) is 0 Å². The van der Waals surface area contributed by atoms with Crippen LogP contribution in [0.15, 0.2) is 24.3 Å². The van der Waals surface area contributed by atoms with Crippen molar-refractivity contribution in [2.45, 2.75) is 26.8 Å². The maximum absolute atomic E-state index is 11.4. The zero-order chi connectivity index (χ0) is 12.7. The Morgan fingerprint density at radius 2 is 2.00 bits per heavy atom. The zero-order valence-corrected chi connectivity index (χ0v) is 10.8. The van der Waals surface area contributed by atoms with Crippen molar-refractivity contribution in [1.82, 2.24) is 5.32 Å². The second-order valence-corrected chi connectivity index (χ2v) is 4.24. The van der Waals surface area contributed by atoms with Crippen LogP contribution in [0.3, 0.4) is 0 Å². The number of nitrogens with one attached hydrogen (secondary N) is 1. The Kier molecular flexibility index (Phi) is 5.70. The summed E-state index contributed by atoms with van der Waals surface area (Å²) in [6.07, 6.45) is 0.799. The molecule has 0 amide bonds. The molecule has 0 aromatic heterocycles. The Morgan fingerprint density at radius 1 is 1.35 bits per heavy atom. The first kappa shape index (κ1) is 13.7. The van der Waals surface area contributed by atoms with E-state index in [0.717, 1.165) is 13.0 Å². The number of ether oxygens (including phenoxy) is 1. The van der Waals surface area contributed by atoms with Gasteiger partial charge in [0, 0.05) is 13.1 Å². The van der Waals surface area contributed by atoms with Crippen molar-refractivity contribution in [1.29, 1.82) is 0 Å². The molecule has 3 heteroatoms. The van der Waals surface area contributed by atoms with Crippen LogP contribution in [-0.4, -0.2) is 19.6 Å². The van der Waals surface area contributed by atoms with Gasteiger partial charge in [0.2, 0.25) is 0 Å². The number of hydrogen-bond acceptors (Lipinski definition) is 3. The van der Waals surface area contributed by atoms with Crippen molar-refractivity contribution in [3.05, 3.63) is 35.4 Å². The van der Waals surface area contributed by atoms with E-state index < -0.39 is 0 Å². The van der Waals surface area contributed by atoms with E-state index in [2.05, 4.69) is 36.5 Å². The highest BCUT2D eigenvalue weighted by Gasteiger charge is 2.15. The van der Waals surface area contributed by atoms with Crippen molar-refractivity contribution >= 4 is 5.97 Å². The Morgan fingerprint density at radius 3 is 2.53 bits per heavy atom. The molecular formula is C14H21NO2. The fourth-order valence-corrected chi connectivity index (χ4v) is 1.66. The number of hydrogen-bond donors (Lipinski definition) is 1. The summed E-state index contributed by atoms with van der Waals surface area (Å²) in [5, 5.41) is 3.29. The molecule has 0 aliphatic carbocycles. The molecule has 3 nitrogen and oxygen atoms in total. The SMILES string of the molecule is CCC(CNCc1ccc(C)cc1)C(=O)OC. The summed E-state index contributed by atoms with van der Waals surface area (Å²) < 4.78 is 4.74. The molecule has 1 N–H and O–H groups in total. The second-order valence-electron chi connectivity index (χ2n) is 4.24. The minimum atomic E-state index is -0.135. The molecule has 0 fully saturated rings. The third kappa shape index (κ3) is 4.57. The van der Waals surface area contributed by atoms with Crippen molar-refractivity contribution in [3.63, 3.8) is 0 Å². The molecule has 0 spiro atoms. The van der Waals surface area contributed by atoms with Crippen LogP contribution < -0.4 is 5.32 Å². The van der Waals surface area contributed by atoms with Gasteiger partial charge >= 0.3 is 5.97 Å². The smallest absolute Gasteiger partial charge is 0.309 e. The number of aryl methyl sites for hydroxylation is 1. The van der Waals surface area contributed by atoms with E-state index in [0.29, 0.717) is 6.54 Å². The van der Waals surface area contributed by atoms with Crippen LogP contribution in [0.4, 0.5) is 0 Å². The summed E-state index contributed by atoms with van der Waals surface area (Å²) in [5.74, 6) is -0.186. The molecule has 0 saturated heterocycles. The van der Waals surface area contributed by atoms with Crippen LogP contribution >= 0.6 is 0 Å². The summed E-state index contributed by atoms with van der Waals surface area (Å²) in [4.78, 5) is 11.4. The molecule has 0 bridgehead atoms. The van der Waals surface area contributed by atoms with Crippen LogP contribution in [0.1, 0.15) is 24.5 Å². The van der Waals surface area contributed by atoms with Crippen molar-refractivity contribution < 1.29 is 9.53 Å². The van der Waals surface area contributed by atoms with Gasteiger partial charge in [-0.2, -0.15) is 0 Å². The first-order valence-electron chi connectivity index (χ1n) is 6.01. The zero-order valence-electron chi connectivity index (χ0n) is 10.8. The summed E-state index contributed by atoms with van der Waals surface area (Å²) in [6, 6.07) is 8.38. The van der Waals surface area contributed by atoms with E-state index in [4.69, 9.17) is 4.74 Å². The molecule has 1 aromatic carbocycles. The van der Waals surface area contributed by atoms with Crippen molar-refractivity contribution in [2.24, 2.45) is 5.92 Å². The minimum Gasteiger partial charge on any atom is -0.469 e. The number of esters is 1. The number of methoxy groups -OCH3 is 1. The van der Waals surface area contributed by atoms with E-state index in [-0.39, 0.29) is 11.9 Å². The summed E-state index contributed by atoms with van der Waals surface area (Å²) in [5.41, 5.74) is 2.49. The van der Waals surface area contributed by atoms with Crippen LogP contribution in [0.25, 0.3) is 0 Å². The van der Waals surface area contributed by atoms with Crippen LogP contribution in [0.2, 0.25) is 0 Å². The van der Waals surface area contributed by atoms with Gasteiger partial charge in [-0.25, -0.2) is 0 Å². The molecule has 0 heterocycles. The van der Waals surface area contributed by atoms with Gasteiger partial charge < -0.3 is 10.1 Å². The van der Waals surface area contributed by atoms with Crippen LogP contribution in [0, 0.1) is 12.8 Å². The molecule has 1 atom stereocenters. The van der Waals surface area contributed by atoms with Gasteiger partial charge in [0.15, 0.2) is 0 Å². The average molecular weight is 235 g/mol. The molecule has 0 aliphatic rings. The van der Waals surface area contributed by atoms with Gasteiger partial charge in [0.1, 0.15) is 0 Å². The molecule has 1 rings (SSSR count). The van der Waals surface area contributed by atoms with E-state index >= 15 is 0 Å². The van der Waals surface area contributed by atoms with Gasteiger partial charge in [0.25, 0.3) is 0 Å². The Labute approximate surface area is 103 Å². The Bertz CT molecular complexity index is 346. The predicted octanol–water partition coefficient (Wildman–Crippen LogP) is 2.28. The normalized spacial score (nSPS) is 12.2. The molecular weight excluding hydrogens is 214 g/mol. The lowest BCUT2D eigenvalue weighted by molar-refractivity contribution is -0.145. The second kappa shape index (κ2) is 7.07. The molecule has 1 unspecified atom stereocenters. The lowest BCUT2D eigenvalue weighted by Crippen LogP contribution is -2.28. The molecule has 0 aliphatic heterocycles. The van der Waals surface area contributed by atoms with Gasteiger partial charge in [-0.15, -0.1) is 0 Å². The van der Waals surface area contributed by atoms with Crippen LogP contribution in [-0.2, 0) is 16.1 Å². The quantitative estimate of drug-likeness (QED) is 0.769. The maximum atomic E-state index is 11.4. The molecule has 94 valence electrons. The highest BCUT2D eigenvalue weighted by Crippen LogP contribution is 2.05. The van der Waals surface area contributed by atoms with E-state index in [1.165, 1.54) is 18.2 Å². The monoisotopic (exact) mass is 235 g/mol. The van der Waals surface area contributed by atoms with Gasteiger partial charge in [-0.1, -0.05) is 36.8 Å². The number of carbonyl (C=O) groups is 1. The lowest BCUT2D eigenvalue weighted by atomic mass is 10.1. The fourth-order valence-electron chi connectivity index (χ4n) is 1.66. The first-order chi connectivity index (χ1) is 8.17. The maximum Gasteiger partial charge on any atom is 0.309 e. The van der Waals surface area contributed by atoms with Crippen molar-refractivity contribution in [2.75, 3.05) is 13.7 Å². The third-order valence-corrected chi connectivity index (χ3v) is 2.87. The molecule has 17 heavy (non-hydrogen) atoms. The number of benzene rings is 1. The standard InChI is InChI=1S/C14H21NO2/c1-4-13(14(16)17-3)10-15-9-12-7-5-11(2)6-8-12/h5-8,13,15H,4,9-10H2,1-3H3. The average Bonchev–Trinajstić information content (AvgIpc) is 2.36. The lowest BCUT2D eigenvalue weighted by Gasteiger charge is -2.13. The van der Waals surface area contributed by atoms with Gasteiger partial charge in [-0.05, 0) is 18.9 Å². The van der Waals surface area contributed by atoms with E-state index in [1.807, 2.05) is 6.92 Å². The van der Waals surface area contributed by atoms with Gasteiger partial charge in [0.05, 0.1) is 13.0 Å². The molecule has 1 aromatic rings. The summed E-state index contributed by atoms with van der Waals surface area (Å²) in [6.45, 7) is 5.52. The first-order valence-corrected chi connectivity index (χ1v) is 6.01. The largest absolute Gasteiger partial charge is 0.469 e. The van der Waals surface area contributed by atoms with Gasteiger partial charge in [-0.3, -0.25) is 4.79 Å². The molecule has 0 radical (unpaired) electrons. The van der Waals surface area contributed by atoms with E-state index in [1.54, 1.807) is 0 Å². The van der Waals surface area contributed by atoms with Crippen molar-refractivity contribution in [3.8, 4) is 0 Å². The third-order valence-electron chi connectivity index (χ3n) is 2.87. The number of rotatable bonds is 6. The van der Waals surface area contributed by atoms with E-state index in [9.17, 15) is 4.79 Å². The minimum absolute atomic E-state index is 0.0505. The number of carbonyl (C=O) groups excluding carboxylic acids is 1. The summed E-state index contributed by atoms with van der Waals surface area (Å²) in [7, 11) is 1.44. The summed E-state index contributed by atoms with van der Waals surface area (Å²) >= 11 is 0. The highest BCUT2D eigenvalue weighted by atomic mass is 16.5. The highest BCUT2D eigenvalue weighted by molar-refractivity contribution is 5.72. The predicted molar refractivity (Wildman–Crippen MR) is 68.7 cm³/mol. The molecule has 0 saturated carbocycles. The Hall–Kier alpha value is -1.35. The topological polar surface area (TPSA) is 38.3 Å². The Balaban J connectivity index is 2.36.